The molecule has 3 atom stereocenters. The van der Waals surface area contributed by atoms with Crippen molar-refractivity contribution in [1.82, 2.24) is 21.3 Å². The average Bonchev–Trinajstić information content (AvgIpc) is 3.30. The van der Waals surface area contributed by atoms with Gasteiger partial charge in [0.25, 0.3) is 0 Å². The highest BCUT2D eigenvalue weighted by atomic mass is 16.4. The van der Waals surface area contributed by atoms with Crippen LogP contribution in [-0.2, 0) is 30.4 Å². The van der Waals surface area contributed by atoms with Crippen molar-refractivity contribution in [3.05, 3.63) is 35.9 Å². The number of nitrogens with one attached hydrogen (secondary N) is 4. The van der Waals surface area contributed by atoms with Gasteiger partial charge in [-0.05, 0) is 31.4 Å². The van der Waals surface area contributed by atoms with Gasteiger partial charge >= 0.3 is 11.9 Å². The largest absolute Gasteiger partial charge is 0.481 e. The van der Waals surface area contributed by atoms with Crippen molar-refractivity contribution in [2.75, 3.05) is 13.1 Å². The molecule has 0 saturated carbocycles. The van der Waals surface area contributed by atoms with Gasteiger partial charge in [-0.1, -0.05) is 30.3 Å². The molecule has 32 heavy (non-hydrogen) atoms. The monoisotopic (exact) mass is 448 g/mol. The first-order valence-electron chi connectivity index (χ1n) is 10.4. The van der Waals surface area contributed by atoms with Crippen LogP contribution in [-0.4, -0.2) is 71.1 Å². The van der Waals surface area contributed by atoms with Crippen molar-refractivity contribution in [1.29, 1.82) is 0 Å². The van der Waals surface area contributed by atoms with Crippen LogP contribution in [0.4, 0.5) is 0 Å². The Labute approximate surface area is 184 Å². The summed E-state index contributed by atoms with van der Waals surface area (Å²) in [5.41, 5.74) is 0.782. The second-order valence-electron chi connectivity index (χ2n) is 7.50. The van der Waals surface area contributed by atoms with Crippen molar-refractivity contribution < 1.29 is 34.2 Å². The van der Waals surface area contributed by atoms with Crippen LogP contribution in [0, 0.1) is 0 Å². The number of carbonyl (C=O) groups excluding carboxylic acids is 3. The number of carboxylic acids is 2. The van der Waals surface area contributed by atoms with Gasteiger partial charge in [0.15, 0.2) is 0 Å². The van der Waals surface area contributed by atoms with Crippen LogP contribution in [0.25, 0.3) is 0 Å². The standard InChI is InChI=1S/C21H28N4O7/c26-17(27)9-8-15(19(30)23-12-18(28)29)24-21(32)16(11-13-5-2-1-3-6-13)25-20(31)14-7-4-10-22-14/h1-3,5-6,14-16,22H,4,7-12H2,(H,23,30)(H,24,32)(H,25,31)(H,26,27)(H,28,29). The summed E-state index contributed by atoms with van der Waals surface area (Å²) in [6, 6.07) is 6.30. The summed E-state index contributed by atoms with van der Waals surface area (Å²) in [6.45, 7) is 0.0322. The molecule has 0 bridgehead atoms. The predicted octanol–water partition coefficient (Wildman–Crippen LogP) is -0.984. The van der Waals surface area contributed by atoms with Crippen LogP contribution in [0.5, 0.6) is 0 Å². The first-order valence-corrected chi connectivity index (χ1v) is 10.4. The third kappa shape index (κ3) is 8.34. The van der Waals surface area contributed by atoms with Gasteiger partial charge < -0.3 is 31.5 Å². The number of benzene rings is 1. The molecule has 1 aliphatic rings. The van der Waals surface area contributed by atoms with Gasteiger partial charge in [-0.15, -0.1) is 0 Å². The minimum atomic E-state index is -1.28. The maximum atomic E-state index is 13.0. The lowest BCUT2D eigenvalue weighted by Crippen LogP contribution is -2.56. The lowest BCUT2D eigenvalue weighted by atomic mass is 10.0. The zero-order valence-corrected chi connectivity index (χ0v) is 17.5. The highest BCUT2D eigenvalue weighted by molar-refractivity contribution is 5.94. The molecule has 1 saturated heterocycles. The molecule has 3 unspecified atom stereocenters. The van der Waals surface area contributed by atoms with E-state index < -0.39 is 54.8 Å². The maximum absolute atomic E-state index is 13.0. The SMILES string of the molecule is O=C(O)CCC(NC(=O)C(Cc1ccccc1)NC(=O)C1CCCN1)C(=O)NCC(=O)O. The fourth-order valence-electron chi connectivity index (χ4n) is 3.33. The molecule has 1 aromatic carbocycles. The number of carbonyl (C=O) groups is 5. The van der Waals surface area contributed by atoms with E-state index in [1.54, 1.807) is 24.3 Å². The van der Waals surface area contributed by atoms with Crippen LogP contribution in [0.1, 0.15) is 31.2 Å². The van der Waals surface area contributed by atoms with Gasteiger partial charge in [0.2, 0.25) is 17.7 Å². The summed E-state index contributed by atoms with van der Waals surface area (Å²) in [5.74, 6) is -4.27. The van der Waals surface area contributed by atoms with Gasteiger partial charge in [-0.2, -0.15) is 0 Å². The number of carboxylic acid groups (broad SMARTS) is 2. The van der Waals surface area contributed by atoms with Crippen LogP contribution < -0.4 is 21.3 Å². The Hall–Kier alpha value is -3.47. The molecule has 1 aliphatic heterocycles. The molecule has 11 nitrogen and oxygen atoms in total. The van der Waals surface area contributed by atoms with Crippen LogP contribution in [0.2, 0.25) is 0 Å². The Morgan fingerprint density at radius 1 is 0.969 bits per heavy atom. The Balaban J connectivity index is 2.13. The second-order valence-corrected chi connectivity index (χ2v) is 7.50. The predicted molar refractivity (Wildman–Crippen MR) is 113 cm³/mol. The van der Waals surface area contributed by atoms with E-state index >= 15 is 0 Å². The number of amides is 3. The molecule has 0 spiro atoms. The molecule has 1 aromatic rings. The lowest BCUT2D eigenvalue weighted by molar-refractivity contribution is -0.140. The highest BCUT2D eigenvalue weighted by Crippen LogP contribution is 2.09. The molecular weight excluding hydrogens is 420 g/mol. The number of rotatable bonds is 12. The topological polar surface area (TPSA) is 174 Å². The van der Waals surface area contributed by atoms with E-state index in [1.807, 2.05) is 6.07 Å². The van der Waals surface area contributed by atoms with Gasteiger partial charge in [0, 0.05) is 12.8 Å². The highest BCUT2D eigenvalue weighted by Gasteiger charge is 2.30. The zero-order chi connectivity index (χ0) is 23.5. The molecule has 0 aromatic heterocycles. The summed E-state index contributed by atoms with van der Waals surface area (Å²) in [4.78, 5) is 59.6. The van der Waals surface area contributed by atoms with Crippen molar-refractivity contribution in [2.24, 2.45) is 0 Å². The maximum Gasteiger partial charge on any atom is 0.322 e. The van der Waals surface area contributed by atoms with E-state index in [4.69, 9.17) is 10.2 Å². The third-order valence-electron chi connectivity index (χ3n) is 4.99. The van der Waals surface area contributed by atoms with E-state index in [9.17, 15) is 24.0 Å². The average molecular weight is 448 g/mol. The first kappa shape index (κ1) is 24.8. The van der Waals surface area contributed by atoms with Crippen LogP contribution in [0.15, 0.2) is 30.3 Å². The van der Waals surface area contributed by atoms with Crippen molar-refractivity contribution in [3.63, 3.8) is 0 Å². The smallest absolute Gasteiger partial charge is 0.322 e. The summed E-state index contributed by atoms with van der Waals surface area (Å²) in [7, 11) is 0. The summed E-state index contributed by atoms with van der Waals surface area (Å²) >= 11 is 0. The summed E-state index contributed by atoms with van der Waals surface area (Å²) in [6.07, 6.45) is 1.00. The third-order valence-corrected chi connectivity index (χ3v) is 4.99. The second kappa shape index (κ2) is 12.4. The van der Waals surface area contributed by atoms with E-state index in [-0.39, 0.29) is 18.7 Å². The minimum absolute atomic E-state index is 0.160. The fourth-order valence-corrected chi connectivity index (χ4v) is 3.33. The summed E-state index contributed by atoms with van der Waals surface area (Å²) < 4.78 is 0. The van der Waals surface area contributed by atoms with Gasteiger partial charge in [-0.3, -0.25) is 24.0 Å². The van der Waals surface area contributed by atoms with E-state index in [0.717, 1.165) is 12.0 Å². The van der Waals surface area contributed by atoms with Gasteiger partial charge in [-0.25, -0.2) is 0 Å². The quantitative estimate of drug-likeness (QED) is 0.236. The summed E-state index contributed by atoms with van der Waals surface area (Å²) in [5, 5.41) is 28.1. The molecule has 1 heterocycles. The molecule has 3 amide bonds. The number of hydrogen-bond donors (Lipinski definition) is 6. The minimum Gasteiger partial charge on any atom is -0.481 e. The van der Waals surface area contributed by atoms with E-state index in [0.29, 0.717) is 13.0 Å². The Morgan fingerprint density at radius 2 is 1.69 bits per heavy atom. The molecule has 0 aliphatic carbocycles. The van der Waals surface area contributed by atoms with E-state index in [1.165, 1.54) is 0 Å². The normalized spacial score (nSPS) is 17.1. The van der Waals surface area contributed by atoms with Crippen molar-refractivity contribution in [3.8, 4) is 0 Å². The molecule has 6 N–H and O–H groups in total. The lowest BCUT2D eigenvalue weighted by Gasteiger charge is -2.24. The number of hydrogen-bond acceptors (Lipinski definition) is 6. The Kier molecular flexibility index (Phi) is 9.61. The molecule has 0 radical (unpaired) electrons. The molecular formula is C21H28N4O7. The fraction of sp³-hybridized carbons (Fsp3) is 0.476. The molecule has 11 heteroatoms. The van der Waals surface area contributed by atoms with Gasteiger partial charge in [0.1, 0.15) is 18.6 Å². The van der Waals surface area contributed by atoms with Crippen molar-refractivity contribution in [2.45, 2.75) is 50.2 Å². The van der Waals surface area contributed by atoms with Crippen molar-refractivity contribution >= 4 is 29.7 Å². The van der Waals surface area contributed by atoms with Crippen LogP contribution >= 0.6 is 0 Å². The Bertz CT molecular complexity index is 825. The first-order chi connectivity index (χ1) is 15.3. The van der Waals surface area contributed by atoms with E-state index in [2.05, 4.69) is 21.3 Å². The van der Waals surface area contributed by atoms with Gasteiger partial charge in [0.05, 0.1) is 6.04 Å². The Morgan fingerprint density at radius 3 is 2.28 bits per heavy atom. The molecule has 2 rings (SSSR count). The van der Waals surface area contributed by atoms with Crippen LogP contribution in [0.3, 0.4) is 0 Å². The number of aliphatic carboxylic acids is 2. The molecule has 1 fully saturated rings. The zero-order valence-electron chi connectivity index (χ0n) is 17.5. The molecule has 174 valence electrons.